The van der Waals surface area contributed by atoms with E-state index < -0.39 is 5.54 Å². The molecule has 0 spiro atoms. The van der Waals surface area contributed by atoms with Crippen LogP contribution in [0.4, 0.5) is 0 Å². The second-order valence-electron chi connectivity index (χ2n) is 6.31. The molecular weight excluding hydrogens is 260 g/mol. The lowest BCUT2D eigenvalue weighted by Crippen LogP contribution is -2.80. The third kappa shape index (κ3) is 2.10. The van der Waals surface area contributed by atoms with Gasteiger partial charge in [0, 0.05) is 29.7 Å². The highest BCUT2D eigenvalue weighted by molar-refractivity contribution is 7.98. The van der Waals surface area contributed by atoms with Crippen LogP contribution in [-0.4, -0.2) is 42.2 Å². The SMILES string of the molecule is CCC(CSC)NC(=O)C1(N)C2CCOC2C1(C)C. The number of nitrogens with two attached hydrogens (primary N) is 1. The van der Waals surface area contributed by atoms with E-state index in [1.807, 2.05) is 0 Å². The smallest absolute Gasteiger partial charge is 0.241 e. The van der Waals surface area contributed by atoms with E-state index in [0.717, 1.165) is 25.2 Å². The summed E-state index contributed by atoms with van der Waals surface area (Å²) in [5.41, 5.74) is 5.45. The molecule has 2 fully saturated rings. The minimum absolute atomic E-state index is 0.00477. The van der Waals surface area contributed by atoms with Gasteiger partial charge < -0.3 is 15.8 Å². The van der Waals surface area contributed by atoms with Crippen LogP contribution in [0.15, 0.2) is 0 Å². The van der Waals surface area contributed by atoms with Crippen LogP contribution in [0.5, 0.6) is 0 Å². The van der Waals surface area contributed by atoms with Crippen LogP contribution in [0.25, 0.3) is 0 Å². The highest BCUT2D eigenvalue weighted by Crippen LogP contribution is 2.58. The number of thioether (sulfide) groups is 1. The molecule has 5 heteroatoms. The van der Waals surface area contributed by atoms with Gasteiger partial charge in [0.1, 0.15) is 5.54 Å². The summed E-state index contributed by atoms with van der Waals surface area (Å²) in [6.45, 7) is 6.92. The van der Waals surface area contributed by atoms with Crippen molar-refractivity contribution in [3.8, 4) is 0 Å². The molecule has 0 aromatic carbocycles. The van der Waals surface area contributed by atoms with E-state index in [1.54, 1.807) is 11.8 Å². The van der Waals surface area contributed by atoms with Crippen LogP contribution in [0.1, 0.15) is 33.6 Å². The number of carbonyl (C=O) groups is 1. The Kier molecular flexibility index (Phi) is 4.19. The maximum atomic E-state index is 12.6. The number of rotatable bonds is 5. The zero-order valence-electron chi connectivity index (χ0n) is 12.4. The van der Waals surface area contributed by atoms with Crippen molar-refractivity contribution in [2.24, 2.45) is 17.1 Å². The van der Waals surface area contributed by atoms with Crippen LogP contribution in [0.3, 0.4) is 0 Å². The van der Waals surface area contributed by atoms with Gasteiger partial charge in [-0.05, 0) is 19.1 Å². The minimum atomic E-state index is -0.778. The summed E-state index contributed by atoms with van der Waals surface area (Å²) in [6, 6.07) is 0.208. The predicted octanol–water partition coefficient (Wildman–Crippen LogP) is 1.39. The Labute approximate surface area is 120 Å². The third-order valence-corrected chi connectivity index (χ3v) is 5.76. The quantitative estimate of drug-likeness (QED) is 0.801. The number of fused-ring (bicyclic) bond motifs is 1. The molecule has 1 aliphatic carbocycles. The van der Waals surface area contributed by atoms with Gasteiger partial charge >= 0.3 is 0 Å². The van der Waals surface area contributed by atoms with Gasteiger partial charge in [0.25, 0.3) is 0 Å². The van der Waals surface area contributed by atoms with E-state index in [1.165, 1.54) is 0 Å². The number of ether oxygens (including phenoxy) is 1. The molecule has 19 heavy (non-hydrogen) atoms. The molecule has 2 rings (SSSR count). The molecule has 0 aromatic heterocycles. The highest BCUT2D eigenvalue weighted by atomic mass is 32.2. The molecule has 0 aromatic rings. The second-order valence-corrected chi connectivity index (χ2v) is 7.22. The highest BCUT2D eigenvalue weighted by Gasteiger charge is 2.71. The first-order valence-electron chi connectivity index (χ1n) is 7.10. The molecule has 1 aliphatic heterocycles. The average molecular weight is 286 g/mol. The van der Waals surface area contributed by atoms with Crippen LogP contribution in [-0.2, 0) is 9.53 Å². The zero-order chi connectivity index (χ0) is 14.3. The first kappa shape index (κ1) is 15.1. The van der Waals surface area contributed by atoms with E-state index in [4.69, 9.17) is 10.5 Å². The normalized spacial score (nSPS) is 37.3. The van der Waals surface area contributed by atoms with Crippen molar-refractivity contribution in [2.75, 3.05) is 18.6 Å². The molecule has 0 radical (unpaired) electrons. The largest absolute Gasteiger partial charge is 0.377 e. The van der Waals surface area contributed by atoms with Crippen LogP contribution in [0.2, 0.25) is 0 Å². The fraction of sp³-hybridized carbons (Fsp3) is 0.929. The Hall–Kier alpha value is -0.260. The summed E-state index contributed by atoms with van der Waals surface area (Å²) >= 11 is 1.75. The summed E-state index contributed by atoms with van der Waals surface area (Å²) in [5.74, 6) is 1.11. The van der Waals surface area contributed by atoms with Gasteiger partial charge in [0.15, 0.2) is 0 Å². The van der Waals surface area contributed by atoms with E-state index in [9.17, 15) is 4.79 Å². The molecule has 1 saturated carbocycles. The lowest BCUT2D eigenvalue weighted by atomic mass is 9.48. The predicted molar refractivity (Wildman–Crippen MR) is 79.2 cm³/mol. The number of hydrogen-bond donors (Lipinski definition) is 2. The Balaban J connectivity index is 2.09. The Morgan fingerprint density at radius 3 is 2.84 bits per heavy atom. The van der Waals surface area contributed by atoms with Gasteiger partial charge in [-0.3, -0.25) is 4.79 Å². The molecule has 1 amide bonds. The van der Waals surface area contributed by atoms with Crippen molar-refractivity contribution in [1.29, 1.82) is 0 Å². The Bertz CT molecular complexity index is 361. The van der Waals surface area contributed by atoms with Crippen molar-refractivity contribution in [3.63, 3.8) is 0 Å². The van der Waals surface area contributed by atoms with Crippen molar-refractivity contribution in [3.05, 3.63) is 0 Å². The van der Waals surface area contributed by atoms with E-state index in [-0.39, 0.29) is 29.4 Å². The first-order chi connectivity index (χ1) is 8.89. The third-order valence-electron chi connectivity index (χ3n) is 5.03. The number of carbonyl (C=O) groups excluding carboxylic acids is 1. The minimum Gasteiger partial charge on any atom is -0.377 e. The maximum absolute atomic E-state index is 12.6. The molecule has 1 saturated heterocycles. The summed E-state index contributed by atoms with van der Waals surface area (Å²) in [4.78, 5) is 12.6. The van der Waals surface area contributed by atoms with Gasteiger partial charge in [0.05, 0.1) is 6.10 Å². The van der Waals surface area contributed by atoms with Crippen LogP contribution < -0.4 is 11.1 Å². The average Bonchev–Trinajstić information content (AvgIpc) is 2.84. The number of amides is 1. The fourth-order valence-corrected chi connectivity index (χ4v) is 4.33. The standard InChI is InChI=1S/C14H26N2O2S/c1-5-9(8-19-4)16-12(17)14(15)10-6-7-18-11(10)13(14,2)3/h9-11H,5-8,15H2,1-4H3,(H,16,17). The molecule has 4 unspecified atom stereocenters. The van der Waals surface area contributed by atoms with Gasteiger partial charge in [0.2, 0.25) is 5.91 Å². The fourth-order valence-electron chi connectivity index (χ4n) is 3.61. The van der Waals surface area contributed by atoms with Crippen molar-refractivity contribution in [1.82, 2.24) is 5.32 Å². The van der Waals surface area contributed by atoms with Gasteiger partial charge in [-0.15, -0.1) is 0 Å². The molecule has 1 heterocycles. The van der Waals surface area contributed by atoms with Gasteiger partial charge in [-0.25, -0.2) is 0 Å². The summed E-state index contributed by atoms with van der Waals surface area (Å²) in [5, 5.41) is 3.14. The lowest BCUT2D eigenvalue weighted by Gasteiger charge is -2.60. The van der Waals surface area contributed by atoms with Crippen molar-refractivity contribution in [2.45, 2.75) is 51.3 Å². The first-order valence-corrected chi connectivity index (χ1v) is 8.49. The molecule has 0 bridgehead atoms. The van der Waals surface area contributed by atoms with Crippen LogP contribution in [0, 0.1) is 11.3 Å². The Morgan fingerprint density at radius 2 is 2.26 bits per heavy atom. The molecule has 110 valence electrons. The summed E-state index contributed by atoms with van der Waals surface area (Å²) in [6.07, 6.45) is 4.04. The van der Waals surface area contributed by atoms with Crippen molar-refractivity contribution < 1.29 is 9.53 Å². The monoisotopic (exact) mass is 286 g/mol. The topological polar surface area (TPSA) is 64.4 Å². The lowest BCUT2D eigenvalue weighted by molar-refractivity contribution is -0.175. The molecule has 2 aliphatic rings. The Morgan fingerprint density at radius 1 is 1.58 bits per heavy atom. The van der Waals surface area contributed by atoms with Crippen LogP contribution >= 0.6 is 11.8 Å². The molecule has 4 nitrogen and oxygen atoms in total. The summed E-state index contributed by atoms with van der Waals surface area (Å²) < 4.78 is 5.73. The zero-order valence-corrected chi connectivity index (χ0v) is 13.2. The maximum Gasteiger partial charge on any atom is 0.241 e. The van der Waals surface area contributed by atoms with E-state index >= 15 is 0 Å². The van der Waals surface area contributed by atoms with E-state index in [0.29, 0.717) is 0 Å². The molecule has 4 atom stereocenters. The molecule has 3 N–H and O–H groups in total. The number of nitrogens with one attached hydrogen (secondary N) is 1. The second kappa shape index (κ2) is 5.26. The van der Waals surface area contributed by atoms with E-state index in [2.05, 4.69) is 32.3 Å². The van der Waals surface area contributed by atoms with Gasteiger partial charge in [-0.2, -0.15) is 11.8 Å². The number of hydrogen-bond acceptors (Lipinski definition) is 4. The summed E-state index contributed by atoms with van der Waals surface area (Å²) in [7, 11) is 0. The molecular formula is C14H26N2O2S. The van der Waals surface area contributed by atoms with Gasteiger partial charge in [-0.1, -0.05) is 20.8 Å². The van der Waals surface area contributed by atoms with Crippen molar-refractivity contribution >= 4 is 17.7 Å².